The molecule has 0 saturated carbocycles. The number of hydrogen-bond acceptors (Lipinski definition) is 3. The van der Waals surface area contributed by atoms with Crippen LogP contribution in [0.25, 0.3) is 11.4 Å². The lowest BCUT2D eigenvalue weighted by molar-refractivity contribution is 0.249. The van der Waals surface area contributed by atoms with Gasteiger partial charge in [-0.2, -0.15) is 0 Å². The minimum absolute atomic E-state index is 1.03. The summed E-state index contributed by atoms with van der Waals surface area (Å²) in [5.74, 6) is 1.03. The van der Waals surface area contributed by atoms with Gasteiger partial charge in [-0.05, 0) is 30.2 Å². The van der Waals surface area contributed by atoms with E-state index in [1.54, 1.807) is 0 Å². The summed E-state index contributed by atoms with van der Waals surface area (Å²) in [4.78, 5) is 9.60. The van der Waals surface area contributed by atoms with Crippen LogP contribution >= 0.6 is 0 Å². The molecule has 0 aliphatic carbocycles. The Morgan fingerprint density at radius 1 is 0.923 bits per heavy atom. The fourth-order valence-corrected chi connectivity index (χ4v) is 3.74. The molecular weight excluding hydrogens is 320 g/mol. The fourth-order valence-electron chi connectivity index (χ4n) is 3.74. The van der Waals surface area contributed by atoms with Crippen molar-refractivity contribution in [2.75, 3.05) is 31.1 Å². The zero-order valence-corrected chi connectivity index (χ0v) is 15.6. The topological polar surface area (TPSA) is 24.3 Å². The van der Waals surface area contributed by atoms with Gasteiger partial charge in [-0.25, -0.2) is 4.98 Å². The van der Waals surface area contributed by atoms with E-state index >= 15 is 0 Å². The molecular formula is C22H26N4. The van der Waals surface area contributed by atoms with Crippen molar-refractivity contribution >= 4 is 5.69 Å². The van der Waals surface area contributed by atoms with Gasteiger partial charge in [0.1, 0.15) is 5.82 Å². The zero-order chi connectivity index (χ0) is 17.9. The smallest absolute Gasteiger partial charge is 0.141 e. The molecule has 1 fully saturated rings. The molecule has 1 aliphatic heterocycles. The van der Waals surface area contributed by atoms with E-state index < -0.39 is 0 Å². The molecule has 0 atom stereocenters. The van der Waals surface area contributed by atoms with Gasteiger partial charge >= 0.3 is 0 Å². The number of anilines is 1. The molecule has 0 spiro atoms. The average Bonchev–Trinajstić information content (AvgIpc) is 3.10. The van der Waals surface area contributed by atoms with Crippen molar-refractivity contribution in [3.05, 3.63) is 72.1 Å². The third-order valence-electron chi connectivity index (χ3n) is 5.33. The molecule has 0 N–H and O–H groups in total. The summed E-state index contributed by atoms with van der Waals surface area (Å²) in [6.07, 6.45) is 3.87. The highest BCUT2D eigenvalue weighted by atomic mass is 15.3. The third-order valence-corrected chi connectivity index (χ3v) is 5.33. The standard InChI is InChI=1S/C22H26N4/c1-18-7-3-4-8-19(18)17-25-13-15-26(16-14-25)21-10-6-5-9-20(21)22-23-11-12-24(22)2/h3-12H,13-17H2,1-2H3. The summed E-state index contributed by atoms with van der Waals surface area (Å²) in [6.45, 7) is 7.52. The van der Waals surface area contributed by atoms with Crippen LogP contribution in [-0.4, -0.2) is 40.6 Å². The summed E-state index contributed by atoms with van der Waals surface area (Å²) in [5, 5.41) is 0. The Balaban J connectivity index is 1.48. The maximum atomic E-state index is 4.55. The van der Waals surface area contributed by atoms with Crippen molar-refractivity contribution in [1.82, 2.24) is 14.5 Å². The maximum absolute atomic E-state index is 4.55. The number of aryl methyl sites for hydroxylation is 2. The van der Waals surface area contributed by atoms with Crippen LogP contribution in [0.4, 0.5) is 5.69 Å². The van der Waals surface area contributed by atoms with E-state index in [0.717, 1.165) is 38.5 Å². The Bertz CT molecular complexity index is 875. The van der Waals surface area contributed by atoms with Crippen LogP contribution in [0.5, 0.6) is 0 Å². The molecule has 1 aliphatic rings. The van der Waals surface area contributed by atoms with Crippen LogP contribution in [0, 0.1) is 6.92 Å². The first kappa shape index (κ1) is 16.9. The molecule has 1 aromatic heterocycles. The Hall–Kier alpha value is -2.59. The second kappa shape index (κ2) is 7.34. The van der Waals surface area contributed by atoms with Gasteiger partial charge in [-0.15, -0.1) is 0 Å². The van der Waals surface area contributed by atoms with Gasteiger partial charge in [0.15, 0.2) is 0 Å². The van der Waals surface area contributed by atoms with Gasteiger partial charge in [0.2, 0.25) is 0 Å². The van der Waals surface area contributed by atoms with Crippen LogP contribution < -0.4 is 4.90 Å². The largest absolute Gasteiger partial charge is 0.368 e. The van der Waals surface area contributed by atoms with E-state index in [2.05, 4.69) is 81.9 Å². The lowest BCUT2D eigenvalue weighted by atomic mass is 10.1. The van der Waals surface area contributed by atoms with Crippen molar-refractivity contribution in [2.45, 2.75) is 13.5 Å². The number of imidazole rings is 1. The van der Waals surface area contributed by atoms with Crippen LogP contribution in [0.2, 0.25) is 0 Å². The molecule has 4 rings (SSSR count). The summed E-state index contributed by atoms with van der Waals surface area (Å²) in [6, 6.07) is 17.3. The first-order valence-corrected chi connectivity index (χ1v) is 9.31. The van der Waals surface area contributed by atoms with Crippen LogP contribution in [-0.2, 0) is 13.6 Å². The summed E-state index contributed by atoms with van der Waals surface area (Å²) >= 11 is 0. The number of aromatic nitrogens is 2. The fraction of sp³-hybridized carbons (Fsp3) is 0.318. The number of para-hydroxylation sites is 1. The minimum atomic E-state index is 1.03. The van der Waals surface area contributed by atoms with E-state index in [0.29, 0.717) is 0 Å². The zero-order valence-electron chi connectivity index (χ0n) is 15.6. The normalized spacial score (nSPS) is 15.4. The Morgan fingerprint density at radius 3 is 2.38 bits per heavy atom. The van der Waals surface area contributed by atoms with Crippen LogP contribution in [0.15, 0.2) is 60.9 Å². The number of hydrogen-bond donors (Lipinski definition) is 0. The van der Waals surface area contributed by atoms with E-state index in [1.165, 1.54) is 22.4 Å². The van der Waals surface area contributed by atoms with Gasteiger partial charge in [-0.1, -0.05) is 36.4 Å². The highest BCUT2D eigenvalue weighted by Crippen LogP contribution is 2.30. The molecule has 4 nitrogen and oxygen atoms in total. The second-order valence-electron chi connectivity index (χ2n) is 7.07. The molecule has 134 valence electrons. The number of nitrogens with zero attached hydrogens (tertiary/aromatic N) is 4. The molecule has 2 heterocycles. The Labute approximate surface area is 155 Å². The second-order valence-corrected chi connectivity index (χ2v) is 7.07. The summed E-state index contributed by atoms with van der Waals surface area (Å²) in [5.41, 5.74) is 5.33. The lowest BCUT2D eigenvalue weighted by Gasteiger charge is -2.37. The molecule has 0 unspecified atom stereocenters. The van der Waals surface area contributed by atoms with E-state index in [9.17, 15) is 0 Å². The number of rotatable bonds is 4. The molecule has 0 amide bonds. The van der Waals surface area contributed by atoms with Crippen molar-refractivity contribution in [2.24, 2.45) is 7.05 Å². The monoisotopic (exact) mass is 346 g/mol. The molecule has 1 saturated heterocycles. The van der Waals surface area contributed by atoms with E-state index in [-0.39, 0.29) is 0 Å². The minimum Gasteiger partial charge on any atom is -0.368 e. The first-order chi connectivity index (χ1) is 12.7. The molecule has 3 aromatic rings. The molecule has 0 radical (unpaired) electrons. The third kappa shape index (κ3) is 3.37. The summed E-state index contributed by atoms with van der Waals surface area (Å²) < 4.78 is 2.09. The Kier molecular flexibility index (Phi) is 4.76. The van der Waals surface area contributed by atoms with Crippen molar-refractivity contribution in [3.63, 3.8) is 0 Å². The lowest BCUT2D eigenvalue weighted by Crippen LogP contribution is -2.46. The highest BCUT2D eigenvalue weighted by Gasteiger charge is 2.21. The first-order valence-electron chi connectivity index (χ1n) is 9.31. The number of piperazine rings is 1. The molecule has 26 heavy (non-hydrogen) atoms. The van der Waals surface area contributed by atoms with Crippen molar-refractivity contribution in [1.29, 1.82) is 0 Å². The van der Waals surface area contributed by atoms with Crippen molar-refractivity contribution < 1.29 is 0 Å². The molecule has 0 bridgehead atoms. The van der Waals surface area contributed by atoms with Gasteiger partial charge in [-0.3, -0.25) is 4.90 Å². The average molecular weight is 346 g/mol. The molecule has 4 heteroatoms. The number of benzene rings is 2. The molecule has 2 aromatic carbocycles. The maximum Gasteiger partial charge on any atom is 0.141 e. The van der Waals surface area contributed by atoms with Gasteiger partial charge in [0, 0.05) is 63.4 Å². The van der Waals surface area contributed by atoms with Gasteiger partial charge < -0.3 is 9.47 Å². The summed E-state index contributed by atoms with van der Waals surface area (Å²) in [7, 11) is 2.05. The van der Waals surface area contributed by atoms with Gasteiger partial charge in [0.25, 0.3) is 0 Å². The SMILES string of the molecule is Cc1ccccc1CN1CCN(c2ccccc2-c2nccn2C)CC1. The van der Waals surface area contributed by atoms with E-state index in [4.69, 9.17) is 0 Å². The van der Waals surface area contributed by atoms with Crippen LogP contribution in [0.1, 0.15) is 11.1 Å². The van der Waals surface area contributed by atoms with Gasteiger partial charge in [0.05, 0.1) is 0 Å². The van der Waals surface area contributed by atoms with Crippen molar-refractivity contribution in [3.8, 4) is 11.4 Å². The highest BCUT2D eigenvalue weighted by molar-refractivity contribution is 5.74. The quantitative estimate of drug-likeness (QED) is 0.720. The Morgan fingerprint density at radius 2 is 1.65 bits per heavy atom. The predicted octanol–water partition coefficient (Wildman–Crippen LogP) is 3.72. The van der Waals surface area contributed by atoms with Crippen LogP contribution in [0.3, 0.4) is 0 Å². The predicted molar refractivity (Wildman–Crippen MR) is 107 cm³/mol. The van der Waals surface area contributed by atoms with E-state index in [1.807, 2.05) is 12.4 Å².